The van der Waals surface area contributed by atoms with Crippen LogP contribution in [0.1, 0.15) is 6.92 Å². The lowest BCUT2D eigenvalue weighted by molar-refractivity contribution is -0.123. The summed E-state index contributed by atoms with van der Waals surface area (Å²) in [6, 6.07) is 11.2. The van der Waals surface area contributed by atoms with Crippen molar-refractivity contribution in [1.29, 1.82) is 0 Å². The number of ether oxygens (including phenoxy) is 3. The Kier molecular flexibility index (Phi) is 6.82. The predicted molar refractivity (Wildman–Crippen MR) is 120 cm³/mol. The monoisotopic (exact) mass is 475 g/mol. The summed E-state index contributed by atoms with van der Waals surface area (Å²) in [5.41, 5.74) is 0.787. The number of rotatable bonds is 7. The molecule has 2 aromatic rings. The highest BCUT2D eigenvalue weighted by Crippen LogP contribution is 2.35. The van der Waals surface area contributed by atoms with Crippen LogP contribution in [0.25, 0.3) is 0 Å². The lowest BCUT2D eigenvalue weighted by Crippen LogP contribution is -2.44. The van der Waals surface area contributed by atoms with E-state index in [9.17, 15) is 18.0 Å². The maximum atomic E-state index is 13.0. The van der Waals surface area contributed by atoms with E-state index in [0.29, 0.717) is 37.0 Å². The normalized spacial score (nSPS) is 16.6. The van der Waals surface area contributed by atoms with Crippen molar-refractivity contribution < 1.29 is 32.2 Å². The highest BCUT2D eigenvalue weighted by molar-refractivity contribution is 7.89. The van der Waals surface area contributed by atoms with Gasteiger partial charge in [-0.3, -0.25) is 14.5 Å². The summed E-state index contributed by atoms with van der Waals surface area (Å²) in [5, 5.41) is 2.74. The molecule has 176 valence electrons. The van der Waals surface area contributed by atoms with Crippen LogP contribution in [0.15, 0.2) is 47.4 Å². The molecule has 2 aliphatic rings. The summed E-state index contributed by atoms with van der Waals surface area (Å²) >= 11 is 0. The van der Waals surface area contributed by atoms with Gasteiger partial charge in [0, 0.05) is 18.8 Å². The molecule has 11 heteroatoms. The zero-order valence-electron chi connectivity index (χ0n) is 18.2. The van der Waals surface area contributed by atoms with E-state index in [0.717, 1.165) is 0 Å². The van der Waals surface area contributed by atoms with E-state index < -0.39 is 21.8 Å². The van der Waals surface area contributed by atoms with Gasteiger partial charge in [-0.25, -0.2) is 8.42 Å². The fraction of sp³-hybridized carbons (Fsp3) is 0.364. The molecule has 0 spiro atoms. The molecule has 2 amide bonds. The molecule has 0 bridgehead atoms. The number of carbonyl (C=O) groups excluding carboxylic acids is 2. The van der Waals surface area contributed by atoms with E-state index in [1.54, 1.807) is 24.3 Å². The number of carbonyl (C=O) groups is 2. The Bertz CT molecular complexity index is 1130. The molecule has 0 aliphatic carbocycles. The van der Waals surface area contributed by atoms with Crippen LogP contribution in [0, 0.1) is 0 Å². The molecule has 0 radical (unpaired) electrons. The molecule has 0 atom stereocenters. The van der Waals surface area contributed by atoms with Crippen LogP contribution < -0.4 is 19.7 Å². The first kappa shape index (κ1) is 23.0. The average Bonchev–Trinajstić information content (AvgIpc) is 2.82. The summed E-state index contributed by atoms with van der Waals surface area (Å²) in [5.74, 6) is 0.151. The second-order valence-electron chi connectivity index (χ2n) is 7.42. The van der Waals surface area contributed by atoms with Crippen molar-refractivity contribution >= 4 is 33.2 Å². The zero-order chi connectivity index (χ0) is 23.4. The van der Waals surface area contributed by atoms with Gasteiger partial charge in [0.05, 0.1) is 30.4 Å². The molecule has 1 saturated heterocycles. The summed E-state index contributed by atoms with van der Waals surface area (Å²) in [4.78, 5) is 26.5. The lowest BCUT2D eigenvalue weighted by Gasteiger charge is -2.30. The molecule has 10 nitrogen and oxygen atoms in total. The first-order valence-corrected chi connectivity index (χ1v) is 12.0. The van der Waals surface area contributed by atoms with Crippen molar-refractivity contribution in [2.75, 3.05) is 56.3 Å². The number of fused-ring (bicyclic) bond motifs is 1. The number of nitrogens with one attached hydrogen (secondary N) is 1. The maximum absolute atomic E-state index is 13.0. The van der Waals surface area contributed by atoms with E-state index in [-0.39, 0.29) is 36.8 Å². The Labute approximate surface area is 192 Å². The number of sulfonamides is 1. The Balaban J connectivity index is 1.53. The number of nitrogens with zero attached hydrogens (tertiary/aromatic N) is 2. The fourth-order valence-corrected chi connectivity index (χ4v) is 5.03. The van der Waals surface area contributed by atoms with Gasteiger partial charge in [-0.1, -0.05) is 0 Å². The van der Waals surface area contributed by atoms with Crippen molar-refractivity contribution in [2.45, 2.75) is 11.8 Å². The fourth-order valence-electron chi connectivity index (χ4n) is 3.60. The molecule has 33 heavy (non-hydrogen) atoms. The third-order valence-electron chi connectivity index (χ3n) is 5.23. The van der Waals surface area contributed by atoms with Crippen LogP contribution in [0.2, 0.25) is 0 Å². The third kappa shape index (κ3) is 5.10. The second-order valence-corrected chi connectivity index (χ2v) is 9.36. The molecule has 2 aliphatic heterocycles. The molecule has 1 N–H and O–H groups in total. The van der Waals surface area contributed by atoms with Gasteiger partial charge in [0.25, 0.3) is 5.91 Å². The Hall–Kier alpha value is -3.15. The van der Waals surface area contributed by atoms with Gasteiger partial charge in [-0.05, 0) is 49.4 Å². The van der Waals surface area contributed by atoms with Crippen LogP contribution in [0.4, 0.5) is 11.4 Å². The van der Waals surface area contributed by atoms with Crippen molar-refractivity contribution in [1.82, 2.24) is 4.31 Å². The van der Waals surface area contributed by atoms with Gasteiger partial charge < -0.3 is 19.5 Å². The Morgan fingerprint density at radius 1 is 1.12 bits per heavy atom. The van der Waals surface area contributed by atoms with Gasteiger partial charge in [0.1, 0.15) is 18.0 Å². The van der Waals surface area contributed by atoms with Crippen LogP contribution in [0.3, 0.4) is 0 Å². The minimum absolute atomic E-state index is 0.0263. The van der Waals surface area contributed by atoms with Gasteiger partial charge in [0.2, 0.25) is 15.9 Å². The van der Waals surface area contributed by atoms with Crippen LogP contribution in [-0.2, 0) is 24.3 Å². The van der Waals surface area contributed by atoms with Gasteiger partial charge >= 0.3 is 0 Å². The maximum Gasteiger partial charge on any atom is 0.265 e. The van der Waals surface area contributed by atoms with Gasteiger partial charge in [-0.2, -0.15) is 4.31 Å². The third-order valence-corrected chi connectivity index (χ3v) is 7.13. The minimum atomic E-state index is -3.77. The first-order chi connectivity index (χ1) is 15.9. The SMILES string of the molecule is CCOc1ccc(NC(=O)CN2C(=O)COc3ccc(S(=O)(=O)N4CCOCC4)cc32)cc1. The Morgan fingerprint density at radius 2 is 1.85 bits per heavy atom. The number of hydrogen-bond acceptors (Lipinski definition) is 7. The average molecular weight is 476 g/mol. The van der Waals surface area contributed by atoms with Gasteiger partial charge in [-0.15, -0.1) is 0 Å². The first-order valence-electron chi connectivity index (χ1n) is 10.6. The molecule has 0 aromatic heterocycles. The number of hydrogen-bond donors (Lipinski definition) is 1. The summed E-state index contributed by atoms with van der Waals surface area (Å²) < 4.78 is 43.5. The van der Waals surface area contributed by atoms with Crippen LogP contribution >= 0.6 is 0 Å². The van der Waals surface area contributed by atoms with Crippen LogP contribution in [-0.4, -0.2) is 70.6 Å². The highest BCUT2D eigenvalue weighted by Gasteiger charge is 2.32. The largest absolute Gasteiger partial charge is 0.494 e. The number of benzene rings is 2. The highest BCUT2D eigenvalue weighted by atomic mass is 32.2. The molecule has 1 fully saturated rings. The predicted octanol–water partition coefficient (Wildman–Crippen LogP) is 1.47. The summed E-state index contributed by atoms with van der Waals surface area (Å²) in [6.45, 7) is 3.04. The Morgan fingerprint density at radius 3 is 2.55 bits per heavy atom. The number of anilines is 2. The van der Waals surface area contributed by atoms with Crippen molar-refractivity contribution in [3.63, 3.8) is 0 Å². The van der Waals surface area contributed by atoms with Crippen molar-refractivity contribution in [2.24, 2.45) is 0 Å². The number of morpholine rings is 1. The molecule has 2 heterocycles. The molecule has 0 saturated carbocycles. The minimum Gasteiger partial charge on any atom is -0.494 e. The topological polar surface area (TPSA) is 114 Å². The standard InChI is InChI=1S/C22H25N3O7S/c1-2-31-17-5-3-16(4-6-17)23-21(26)14-25-19-13-18(7-8-20(19)32-15-22(25)27)33(28,29)24-9-11-30-12-10-24/h3-8,13H,2,9-12,14-15H2,1H3,(H,23,26). The molecular weight excluding hydrogens is 450 g/mol. The van der Waals surface area contributed by atoms with Crippen molar-refractivity contribution in [3.8, 4) is 11.5 Å². The number of amides is 2. The summed E-state index contributed by atoms with van der Waals surface area (Å²) in [7, 11) is -3.77. The molecule has 2 aromatic carbocycles. The van der Waals surface area contributed by atoms with E-state index in [4.69, 9.17) is 14.2 Å². The van der Waals surface area contributed by atoms with E-state index >= 15 is 0 Å². The smallest absolute Gasteiger partial charge is 0.265 e. The van der Waals surface area contributed by atoms with Crippen LogP contribution in [0.5, 0.6) is 11.5 Å². The summed E-state index contributed by atoms with van der Waals surface area (Å²) in [6.07, 6.45) is 0. The van der Waals surface area contributed by atoms with E-state index in [2.05, 4.69) is 5.32 Å². The quantitative estimate of drug-likeness (QED) is 0.645. The lowest BCUT2D eigenvalue weighted by atomic mass is 10.2. The van der Waals surface area contributed by atoms with E-state index in [1.165, 1.54) is 27.4 Å². The molecule has 0 unspecified atom stereocenters. The van der Waals surface area contributed by atoms with Crippen molar-refractivity contribution in [3.05, 3.63) is 42.5 Å². The molecular formula is C22H25N3O7S. The van der Waals surface area contributed by atoms with Gasteiger partial charge in [0.15, 0.2) is 6.61 Å². The second kappa shape index (κ2) is 9.77. The van der Waals surface area contributed by atoms with E-state index in [1.807, 2.05) is 6.92 Å². The molecule has 4 rings (SSSR count). The zero-order valence-corrected chi connectivity index (χ0v) is 19.0.